The van der Waals surface area contributed by atoms with Gasteiger partial charge in [-0.2, -0.15) is 0 Å². The normalized spacial score (nSPS) is 20.3. The molecule has 7 heteroatoms. The maximum absolute atomic E-state index is 12.9. The summed E-state index contributed by atoms with van der Waals surface area (Å²) in [6.07, 6.45) is 6.26. The number of hydrogen-bond acceptors (Lipinski definition) is 5. The highest BCUT2D eigenvalue weighted by atomic mass is 35.5. The number of allylic oxidation sites excluding steroid dienone is 4. The van der Waals surface area contributed by atoms with E-state index < -0.39 is 0 Å². The van der Waals surface area contributed by atoms with Crippen molar-refractivity contribution >= 4 is 40.5 Å². The number of nitrogens with zero attached hydrogens (tertiary/aromatic N) is 2. The molecule has 0 saturated carbocycles. The van der Waals surface area contributed by atoms with Crippen molar-refractivity contribution in [3.8, 4) is 0 Å². The molecule has 1 aliphatic carbocycles. The van der Waals surface area contributed by atoms with E-state index in [1.54, 1.807) is 12.1 Å². The Kier molecular flexibility index (Phi) is 7.14. The Morgan fingerprint density at radius 3 is 2.59 bits per heavy atom. The Morgan fingerprint density at radius 1 is 1.24 bits per heavy atom. The van der Waals surface area contributed by atoms with Gasteiger partial charge in [-0.05, 0) is 57.8 Å². The molecule has 5 nitrogen and oxygen atoms in total. The molecule has 1 N–H and O–H groups in total. The second kappa shape index (κ2) is 9.41. The zero-order valence-electron chi connectivity index (χ0n) is 17.1. The molecule has 0 spiro atoms. The third kappa shape index (κ3) is 5.08. The van der Waals surface area contributed by atoms with E-state index in [0.717, 1.165) is 42.8 Å². The minimum absolute atomic E-state index is 0.0479. The number of Topliss-reactive ketones (excluding diaryl/α,β-unsaturated/α-hetero) is 1. The molecule has 1 atom stereocenters. The van der Waals surface area contributed by atoms with Gasteiger partial charge in [-0.25, -0.2) is 4.98 Å². The van der Waals surface area contributed by atoms with Crippen LogP contribution in [0.15, 0.2) is 29.4 Å². The molecular weight excluding hydrogens is 409 g/mol. The number of hydrogen-bond donors (Lipinski definition) is 1. The minimum Gasteiger partial charge on any atom is -0.370 e. The fourth-order valence-corrected chi connectivity index (χ4v) is 4.66. The summed E-state index contributed by atoms with van der Waals surface area (Å²) in [5, 5.41) is 3.93. The molecule has 1 aromatic heterocycles. The van der Waals surface area contributed by atoms with E-state index in [1.807, 2.05) is 27.0 Å². The van der Waals surface area contributed by atoms with Crippen LogP contribution in [0.3, 0.4) is 0 Å². The second-order valence-electron chi connectivity index (χ2n) is 7.91. The summed E-state index contributed by atoms with van der Waals surface area (Å²) in [7, 11) is 1.98. The molecule has 0 amide bonds. The van der Waals surface area contributed by atoms with E-state index >= 15 is 0 Å². The van der Waals surface area contributed by atoms with Crippen LogP contribution in [0, 0.1) is 5.92 Å². The van der Waals surface area contributed by atoms with Crippen LogP contribution in [0.1, 0.15) is 50.0 Å². The zero-order valence-corrected chi connectivity index (χ0v) is 18.6. The lowest BCUT2D eigenvalue weighted by Gasteiger charge is -2.34. The number of halogens is 2. The van der Waals surface area contributed by atoms with E-state index in [4.69, 9.17) is 23.2 Å². The fraction of sp³-hybridized carbons (Fsp3) is 0.500. The van der Waals surface area contributed by atoms with E-state index in [2.05, 4.69) is 15.2 Å². The summed E-state index contributed by atoms with van der Waals surface area (Å²) in [5.41, 5.74) is 2.84. The molecule has 0 bridgehead atoms. The molecule has 2 aliphatic rings. The average molecular weight is 436 g/mol. The SMILES string of the molecule is CC1=CC(=O)C(CCC(=O)c2nc(Cl)cc(N(C)C3CCNCC3)c2Cl)C(C)=C1. The van der Waals surface area contributed by atoms with Gasteiger partial charge in [0.05, 0.1) is 10.7 Å². The zero-order chi connectivity index (χ0) is 21.1. The number of piperidine rings is 1. The van der Waals surface area contributed by atoms with Crippen molar-refractivity contribution in [1.82, 2.24) is 10.3 Å². The standard InChI is InChI=1S/C22H27Cl2N3O2/c1-13-10-14(2)16(19(29)11-13)4-5-18(28)22-21(24)17(12-20(23)26-22)27(3)15-6-8-25-9-7-15/h10-12,15-16,25H,4-9H2,1-3H3. The van der Waals surface area contributed by atoms with E-state index in [0.29, 0.717) is 17.5 Å². The van der Waals surface area contributed by atoms with Gasteiger partial charge < -0.3 is 10.2 Å². The Labute approximate surface area is 182 Å². The van der Waals surface area contributed by atoms with Crippen molar-refractivity contribution in [1.29, 1.82) is 0 Å². The molecule has 3 rings (SSSR count). The van der Waals surface area contributed by atoms with Crippen molar-refractivity contribution in [2.75, 3.05) is 25.0 Å². The van der Waals surface area contributed by atoms with Gasteiger partial charge in [-0.15, -0.1) is 0 Å². The lowest BCUT2D eigenvalue weighted by atomic mass is 9.84. The summed E-state index contributed by atoms with van der Waals surface area (Å²) in [6.45, 7) is 5.74. The number of anilines is 1. The summed E-state index contributed by atoms with van der Waals surface area (Å²) in [4.78, 5) is 31.5. The first-order valence-electron chi connectivity index (χ1n) is 10.0. The van der Waals surface area contributed by atoms with E-state index in [-0.39, 0.29) is 34.8 Å². The quantitative estimate of drug-likeness (QED) is 0.521. The lowest BCUT2D eigenvalue weighted by Crippen LogP contribution is -2.41. The van der Waals surface area contributed by atoms with Crippen LogP contribution in [0.2, 0.25) is 10.2 Å². The molecule has 1 saturated heterocycles. The van der Waals surface area contributed by atoms with Crippen molar-refractivity contribution in [2.45, 2.75) is 45.6 Å². The predicted molar refractivity (Wildman–Crippen MR) is 118 cm³/mol. The smallest absolute Gasteiger partial charge is 0.182 e. The molecule has 1 aliphatic heterocycles. The molecule has 2 heterocycles. The summed E-state index contributed by atoms with van der Waals surface area (Å²) < 4.78 is 0. The first kappa shape index (κ1) is 22.0. The third-order valence-electron chi connectivity index (χ3n) is 5.79. The number of aromatic nitrogens is 1. The molecule has 0 aromatic carbocycles. The van der Waals surface area contributed by atoms with Crippen LogP contribution in [0.25, 0.3) is 0 Å². The van der Waals surface area contributed by atoms with Gasteiger partial charge in [0.1, 0.15) is 10.8 Å². The predicted octanol–water partition coefficient (Wildman–Crippen LogP) is 4.63. The van der Waals surface area contributed by atoms with Crippen LogP contribution in [-0.4, -0.2) is 42.7 Å². The van der Waals surface area contributed by atoms with E-state index in [9.17, 15) is 9.59 Å². The molecular formula is C22H27Cl2N3O2. The van der Waals surface area contributed by atoms with Crippen LogP contribution in [-0.2, 0) is 4.79 Å². The monoisotopic (exact) mass is 435 g/mol. The van der Waals surface area contributed by atoms with Crippen molar-refractivity contribution in [3.05, 3.63) is 45.2 Å². The summed E-state index contributed by atoms with van der Waals surface area (Å²) in [5.74, 6) is -0.409. The topological polar surface area (TPSA) is 62.3 Å². The molecule has 156 valence electrons. The van der Waals surface area contributed by atoms with Crippen molar-refractivity contribution < 1.29 is 9.59 Å². The largest absolute Gasteiger partial charge is 0.370 e. The first-order chi connectivity index (χ1) is 13.8. The maximum atomic E-state index is 12.9. The number of carbonyl (C=O) groups excluding carboxylic acids is 2. The molecule has 1 fully saturated rings. The summed E-state index contributed by atoms with van der Waals surface area (Å²) >= 11 is 12.8. The van der Waals surface area contributed by atoms with Crippen molar-refractivity contribution in [3.63, 3.8) is 0 Å². The lowest BCUT2D eigenvalue weighted by molar-refractivity contribution is -0.117. The first-order valence-corrected chi connectivity index (χ1v) is 10.8. The fourth-order valence-electron chi connectivity index (χ4n) is 4.13. The third-order valence-corrected chi connectivity index (χ3v) is 6.35. The van der Waals surface area contributed by atoms with Crippen LogP contribution >= 0.6 is 23.2 Å². The number of pyridine rings is 1. The minimum atomic E-state index is -0.266. The number of nitrogens with one attached hydrogen (secondary N) is 1. The van der Waals surface area contributed by atoms with Gasteiger partial charge in [-0.3, -0.25) is 9.59 Å². The van der Waals surface area contributed by atoms with Gasteiger partial charge in [0.25, 0.3) is 0 Å². The Hall–Kier alpha value is -1.69. The van der Waals surface area contributed by atoms with Crippen LogP contribution < -0.4 is 10.2 Å². The maximum Gasteiger partial charge on any atom is 0.182 e. The molecule has 1 unspecified atom stereocenters. The molecule has 29 heavy (non-hydrogen) atoms. The Bertz CT molecular complexity index is 873. The van der Waals surface area contributed by atoms with Crippen molar-refractivity contribution in [2.24, 2.45) is 5.92 Å². The Morgan fingerprint density at radius 2 is 1.93 bits per heavy atom. The number of carbonyl (C=O) groups is 2. The van der Waals surface area contributed by atoms with Gasteiger partial charge in [-0.1, -0.05) is 34.9 Å². The number of rotatable bonds is 6. The van der Waals surface area contributed by atoms with Gasteiger partial charge in [0, 0.05) is 31.5 Å². The molecule has 1 aromatic rings. The highest BCUT2D eigenvalue weighted by molar-refractivity contribution is 6.37. The van der Waals surface area contributed by atoms with Gasteiger partial charge >= 0.3 is 0 Å². The van der Waals surface area contributed by atoms with Gasteiger partial charge in [0.2, 0.25) is 0 Å². The van der Waals surface area contributed by atoms with Crippen LogP contribution in [0.5, 0.6) is 0 Å². The number of ketones is 2. The Balaban J connectivity index is 1.76. The highest BCUT2D eigenvalue weighted by Gasteiger charge is 2.26. The average Bonchev–Trinajstić information content (AvgIpc) is 2.68. The highest BCUT2D eigenvalue weighted by Crippen LogP contribution is 2.34. The van der Waals surface area contributed by atoms with E-state index in [1.165, 1.54) is 0 Å². The molecule has 0 radical (unpaired) electrons. The van der Waals surface area contributed by atoms with Crippen LogP contribution in [0.4, 0.5) is 5.69 Å². The second-order valence-corrected chi connectivity index (χ2v) is 8.68. The van der Waals surface area contributed by atoms with Gasteiger partial charge in [0.15, 0.2) is 11.6 Å². The summed E-state index contributed by atoms with van der Waals surface area (Å²) in [6, 6.07) is 2.05.